The number of ether oxygens (including phenoxy) is 1. The first-order valence-electron chi connectivity index (χ1n) is 5.67. The van der Waals surface area contributed by atoms with Crippen molar-refractivity contribution in [2.24, 2.45) is 0 Å². The number of carbonyl (C=O) groups excluding carboxylic acids is 2. The molecule has 0 atom stereocenters. The molecule has 0 aliphatic rings. The fourth-order valence-corrected chi connectivity index (χ4v) is 1.11. The van der Waals surface area contributed by atoms with Gasteiger partial charge in [0.1, 0.15) is 5.78 Å². The number of hydrogen-bond acceptors (Lipinski definition) is 3. The van der Waals surface area contributed by atoms with Crippen molar-refractivity contribution in [1.82, 2.24) is 5.32 Å². The van der Waals surface area contributed by atoms with Crippen molar-refractivity contribution in [2.45, 2.75) is 32.6 Å². The van der Waals surface area contributed by atoms with Crippen molar-refractivity contribution in [1.29, 1.82) is 0 Å². The monoisotopic (exact) mass is 227 g/mol. The minimum Gasteiger partial charge on any atom is -0.380 e. The molecule has 0 bridgehead atoms. The van der Waals surface area contributed by atoms with Crippen molar-refractivity contribution in [3.8, 4) is 0 Å². The summed E-state index contributed by atoms with van der Waals surface area (Å²) in [5, 5.41) is 2.70. The Kier molecular flexibility index (Phi) is 9.61. The standard InChI is InChI=1S/C12H21NO3/c1-3-5-11(14)6-7-12(15)13-8-10-16-9-4-2/h3H,1,4-10H2,2H3,(H,13,15). The van der Waals surface area contributed by atoms with Crippen LogP contribution in [0.3, 0.4) is 0 Å². The van der Waals surface area contributed by atoms with Gasteiger partial charge in [0.05, 0.1) is 6.61 Å². The molecule has 0 saturated heterocycles. The number of ketones is 1. The number of rotatable bonds is 10. The second-order valence-corrected chi connectivity index (χ2v) is 3.49. The van der Waals surface area contributed by atoms with Gasteiger partial charge in [-0.25, -0.2) is 0 Å². The third kappa shape index (κ3) is 9.40. The van der Waals surface area contributed by atoms with Gasteiger partial charge >= 0.3 is 0 Å². The second-order valence-electron chi connectivity index (χ2n) is 3.49. The summed E-state index contributed by atoms with van der Waals surface area (Å²) in [4.78, 5) is 22.3. The van der Waals surface area contributed by atoms with E-state index in [-0.39, 0.29) is 24.5 Å². The fraction of sp³-hybridized carbons (Fsp3) is 0.667. The molecule has 0 spiro atoms. The van der Waals surface area contributed by atoms with E-state index in [0.717, 1.165) is 6.42 Å². The average Bonchev–Trinajstić information content (AvgIpc) is 2.26. The minimum absolute atomic E-state index is 0.0485. The summed E-state index contributed by atoms with van der Waals surface area (Å²) in [5.74, 6) is -0.0510. The maximum absolute atomic E-state index is 11.2. The van der Waals surface area contributed by atoms with E-state index in [2.05, 4.69) is 11.9 Å². The summed E-state index contributed by atoms with van der Waals surface area (Å²) in [6.45, 7) is 7.25. The second kappa shape index (κ2) is 10.4. The lowest BCUT2D eigenvalue weighted by molar-refractivity contribution is -0.125. The predicted octanol–water partition coefficient (Wildman–Crippen LogP) is 1.45. The van der Waals surface area contributed by atoms with E-state index in [1.807, 2.05) is 6.92 Å². The number of nitrogens with one attached hydrogen (secondary N) is 1. The molecule has 0 radical (unpaired) electrons. The Morgan fingerprint density at radius 3 is 2.69 bits per heavy atom. The van der Waals surface area contributed by atoms with Crippen LogP contribution in [0.2, 0.25) is 0 Å². The highest BCUT2D eigenvalue weighted by atomic mass is 16.5. The molecule has 0 aromatic heterocycles. The van der Waals surface area contributed by atoms with Gasteiger partial charge in [-0.3, -0.25) is 9.59 Å². The molecule has 0 unspecified atom stereocenters. The van der Waals surface area contributed by atoms with Crippen LogP contribution in [0, 0.1) is 0 Å². The van der Waals surface area contributed by atoms with E-state index in [9.17, 15) is 9.59 Å². The lowest BCUT2D eigenvalue weighted by Gasteiger charge is -2.05. The Morgan fingerprint density at radius 1 is 1.31 bits per heavy atom. The molecule has 0 fully saturated rings. The zero-order chi connectivity index (χ0) is 12.2. The van der Waals surface area contributed by atoms with E-state index < -0.39 is 0 Å². The van der Waals surface area contributed by atoms with E-state index in [4.69, 9.17) is 4.74 Å². The predicted molar refractivity (Wildman–Crippen MR) is 63.2 cm³/mol. The molecule has 0 rings (SSSR count). The van der Waals surface area contributed by atoms with Crippen molar-refractivity contribution in [3.63, 3.8) is 0 Å². The van der Waals surface area contributed by atoms with Gasteiger partial charge in [0.2, 0.25) is 5.91 Å². The number of allylic oxidation sites excluding steroid dienone is 1. The summed E-state index contributed by atoms with van der Waals surface area (Å²) >= 11 is 0. The normalized spacial score (nSPS) is 9.81. The van der Waals surface area contributed by atoms with Crippen molar-refractivity contribution >= 4 is 11.7 Å². The largest absolute Gasteiger partial charge is 0.380 e. The zero-order valence-electron chi connectivity index (χ0n) is 9.96. The molecular formula is C12H21NO3. The Morgan fingerprint density at radius 2 is 2.06 bits per heavy atom. The molecule has 0 aliphatic heterocycles. The average molecular weight is 227 g/mol. The van der Waals surface area contributed by atoms with Crippen LogP contribution in [0.15, 0.2) is 12.7 Å². The summed E-state index contributed by atoms with van der Waals surface area (Å²) in [7, 11) is 0. The Bertz CT molecular complexity index is 226. The third-order valence-electron chi connectivity index (χ3n) is 1.92. The van der Waals surface area contributed by atoms with Crippen LogP contribution in [-0.4, -0.2) is 31.4 Å². The summed E-state index contributed by atoms with van der Waals surface area (Å²) in [6, 6.07) is 0. The SMILES string of the molecule is C=CCC(=O)CCC(=O)NCCOCCC. The van der Waals surface area contributed by atoms with Gasteiger partial charge in [0.25, 0.3) is 0 Å². The molecule has 16 heavy (non-hydrogen) atoms. The van der Waals surface area contributed by atoms with E-state index in [1.54, 1.807) is 6.08 Å². The van der Waals surface area contributed by atoms with Crippen LogP contribution in [0.5, 0.6) is 0 Å². The first kappa shape index (κ1) is 14.8. The molecule has 0 saturated carbocycles. The molecule has 4 nitrogen and oxygen atoms in total. The van der Waals surface area contributed by atoms with E-state index in [1.165, 1.54) is 0 Å². The Labute approximate surface area is 97.1 Å². The summed E-state index contributed by atoms with van der Waals surface area (Å²) in [6.07, 6.45) is 3.41. The first-order valence-corrected chi connectivity index (χ1v) is 5.67. The number of Topliss-reactive ketones (excluding diaryl/α,β-unsaturated/α-hetero) is 1. The van der Waals surface area contributed by atoms with Gasteiger partial charge in [-0.1, -0.05) is 13.0 Å². The first-order chi connectivity index (χ1) is 7.70. The van der Waals surface area contributed by atoms with Gasteiger partial charge in [-0.05, 0) is 6.42 Å². The van der Waals surface area contributed by atoms with Gasteiger partial charge in [-0.15, -0.1) is 6.58 Å². The van der Waals surface area contributed by atoms with Crippen LogP contribution in [0.25, 0.3) is 0 Å². The highest BCUT2D eigenvalue weighted by Gasteiger charge is 2.04. The highest BCUT2D eigenvalue weighted by Crippen LogP contribution is 1.95. The Hall–Kier alpha value is -1.16. The minimum atomic E-state index is -0.0995. The number of hydrogen-bond donors (Lipinski definition) is 1. The molecule has 0 heterocycles. The van der Waals surface area contributed by atoms with Crippen molar-refractivity contribution in [2.75, 3.05) is 19.8 Å². The zero-order valence-corrected chi connectivity index (χ0v) is 9.96. The van der Waals surface area contributed by atoms with Crippen molar-refractivity contribution < 1.29 is 14.3 Å². The fourth-order valence-electron chi connectivity index (χ4n) is 1.11. The molecule has 0 aromatic rings. The van der Waals surface area contributed by atoms with Gasteiger partial charge < -0.3 is 10.1 Å². The summed E-state index contributed by atoms with van der Waals surface area (Å²) < 4.78 is 5.20. The van der Waals surface area contributed by atoms with E-state index in [0.29, 0.717) is 26.2 Å². The molecular weight excluding hydrogens is 206 g/mol. The van der Waals surface area contributed by atoms with Gasteiger partial charge in [0, 0.05) is 32.4 Å². The smallest absolute Gasteiger partial charge is 0.220 e. The molecule has 1 N–H and O–H groups in total. The summed E-state index contributed by atoms with van der Waals surface area (Å²) in [5.41, 5.74) is 0. The maximum Gasteiger partial charge on any atom is 0.220 e. The lowest BCUT2D eigenvalue weighted by Crippen LogP contribution is -2.27. The van der Waals surface area contributed by atoms with Crippen LogP contribution >= 0.6 is 0 Å². The number of amides is 1. The van der Waals surface area contributed by atoms with Crippen LogP contribution in [0.1, 0.15) is 32.6 Å². The molecule has 4 heteroatoms. The topological polar surface area (TPSA) is 55.4 Å². The maximum atomic E-state index is 11.2. The molecule has 1 amide bonds. The molecule has 92 valence electrons. The lowest BCUT2D eigenvalue weighted by atomic mass is 10.1. The third-order valence-corrected chi connectivity index (χ3v) is 1.92. The van der Waals surface area contributed by atoms with Crippen LogP contribution < -0.4 is 5.32 Å². The van der Waals surface area contributed by atoms with Gasteiger partial charge in [0.15, 0.2) is 0 Å². The quantitative estimate of drug-likeness (QED) is 0.454. The number of carbonyl (C=O) groups is 2. The van der Waals surface area contributed by atoms with E-state index >= 15 is 0 Å². The molecule has 0 aromatic carbocycles. The van der Waals surface area contributed by atoms with Crippen LogP contribution in [-0.2, 0) is 14.3 Å². The van der Waals surface area contributed by atoms with Gasteiger partial charge in [-0.2, -0.15) is 0 Å². The Balaban J connectivity index is 3.37. The van der Waals surface area contributed by atoms with Crippen LogP contribution in [0.4, 0.5) is 0 Å². The van der Waals surface area contributed by atoms with Crippen molar-refractivity contribution in [3.05, 3.63) is 12.7 Å². The highest BCUT2D eigenvalue weighted by molar-refractivity contribution is 5.85. The molecule has 0 aliphatic carbocycles.